The summed E-state index contributed by atoms with van der Waals surface area (Å²) in [5, 5.41) is 0. The first-order chi connectivity index (χ1) is 12.9. The van der Waals surface area contributed by atoms with E-state index in [1.807, 2.05) is 0 Å². The summed E-state index contributed by atoms with van der Waals surface area (Å²) in [5.74, 6) is 0.305. The fourth-order valence-corrected chi connectivity index (χ4v) is 3.08. The summed E-state index contributed by atoms with van der Waals surface area (Å²) in [4.78, 5) is 14.6. The third-order valence-corrected chi connectivity index (χ3v) is 4.55. The van der Waals surface area contributed by atoms with Gasteiger partial charge in [0.25, 0.3) is 5.91 Å². The van der Waals surface area contributed by atoms with Gasteiger partial charge in [0.1, 0.15) is 0 Å². The fraction of sp³-hybridized carbons (Fsp3) is 0.350. The smallest absolute Gasteiger partial charge is 0.416 e. The van der Waals surface area contributed by atoms with Crippen LogP contribution in [0.1, 0.15) is 34.3 Å². The standard InChI is InChI=1S/C20H20F3NO3/c1-26-17-9-5-7-15(18(17)27-2)19(25)24(14-10-11-14)12-13-6-3-4-8-16(13)20(21,22)23/h3-9,14H,10-12H2,1-2H3. The second kappa shape index (κ2) is 7.50. The van der Waals surface area contributed by atoms with Gasteiger partial charge in [-0.2, -0.15) is 13.2 Å². The Morgan fingerprint density at radius 2 is 1.78 bits per heavy atom. The molecule has 1 amide bonds. The van der Waals surface area contributed by atoms with E-state index in [2.05, 4.69) is 0 Å². The van der Waals surface area contributed by atoms with E-state index in [0.717, 1.165) is 18.9 Å². The molecule has 0 atom stereocenters. The minimum absolute atomic E-state index is 0.0744. The lowest BCUT2D eigenvalue weighted by Crippen LogP contribution is -2.33. The highest BCUT2D eigenvalue weighted by atomic mass is 19.4. The van der Waals surface area contributed by atoms with Crippen LogP contribution >= 0.6 is 0 Å². The van der Waals surface area contributed by atoms with Crippen LogP contribution in [-0.4, -0.2) is 31.1 Å². The Bertz CT molecular complexity index is 831. The quantitative estimate of drug-likeness (QED) is 0.740. The molecule has 1 aliphatic rings. The Labute approximate surface area is 155 Å². The van der Waals surface area contributed by atoms with E-state index in [1.54, 1.807) is 24.3 Å². The van der Waals surface area contributed by atoms with Crippen molar-refractivity contribution in [1.29, 1.82) is 0 Å². The summed E-state index contributed by atoms with van der Waals surface area (Å²) in [6, 6.07) is 10.2. The van der Waals surface area contributed by atoms with E-state index >= 15 is 0 Å². The number of carbonyl (C=O) groups is 1. The van der Waals surface area contributed by atoms with Gasteiger partial charge >= 0.3 is 6.18 Å². The maximum atomic E-state index is 13.3. The molecule has 1 fully saturated rings. The maximum absolute atomic E-state index is 13.3. The van der Waals surface area contributed by atoms with Crippen LogP contribution < -0.4 is 9.47 Å². The number of benzene rings is 2. The van der Waals surface area contributed by atoms with Crippen molar-refractivity contribution in [3.05, 3.63) is 59.2 Å². The molecule has 0 saturated heterocycles. The lowest BCUT2D eigenvalue weighted by molar-refractivity contribution is -0.138. The molecule has 0 bridgehead atoms. The van der Waals surface area contributed by atoms with Crippen LogP contribution in [-0.2, 0) is 12.7 Å². The first-order valence-electron chi connectivity index (χ1n) is 8.54. The SMILES string of the molecule is COc1cccc(C(=O)N(Cc2ccccc2C(F)(F)F)C2CC2)c1OC. The van der Waals surface area contributed by atoms with Crippen molar-refractivity contribution in [2.75, 3.05) is 14.2 Å². The molecule has 4 nitrogen and oxygen atoms in total. The second-order valence-electron chi connectivity index (χ2n) is 6.36. The molecule has 0 spiro atoms. The number of amides is 1. The van der Waals surface area contributed by atoms with Crippen molar-refractivity contribution in [1.82, 2.24) is 4.90 Å². The summed E-state index contributed by atoms with van der Waals surface area (Å²) in [7, 11) is 2.89. The number of hydrogen-bond donors (Lipinski definition) is 0. The number of ether oxygens (including phenoxy) is 2. The van der Waals surface area contributed by atoms with Crippen molar-refractivity contribution in [3.8, 4) is 11.5 Å². The molecular formula is C20H20F3NO3. The molecule has 0 N–H and O–H groups in total. The van der Waals surface area contributed by atoms with E-state index in [9.17, 15) is 18.0 Å². The Morgan fingerprint density at radius 1 is 1.07 bits per heavy atom. The molecule has 0 heterocycles. The third kappa shape index (κ3) is 4.02. The lowest BCUT2D eigenvalue weighted by Gasteiger charge is -2.25. The molecule has 7 heteroatoms. The Balaban J connectivity index is 1.96. The number of rotatable bonds is 6. The highest BCUT2D eigenvalue weighted by Crippen LogP contribution is 2.37. The van der Waals surface area contributed by atoms with Crippen molar-refractivity contribution in [3.63, 3.8) is 0 Å². The summed E-state index contributed by atoms with van der Waals surface area (Å²) in [5.41, 5.74) is -0.374. The zero-order valence-corrected chi connectivity index (χ0v) is 15.0. The zero-order chi connectivity index (χ0) is 19.6. The second-order valence-corrected chi connectivity index (χ2v) is 6.36. The average molecular weight is 379 g/mol. The monoisotopic (exact) mass is 379 g/mol. The third-order valence-electron chi connectivity index (χ3n) is 4.55. The molecule has 1 saturated carbocycles. The minimum atomic E-state index is -4.47. The molecule has 0 unspecified atom stereocenters. The van der Waals surface area contributed by atoms with Crippen LogP contribution in [0.4, 0.5) is 13.2 Å². The van der Waals surface area contributed by atoms with Crippen LogP contribution in [0.2, 0.25) is 0 Å². The van der Waals surface area contributed by atoms with Gasteiger partial charge in [-0.1, -0.05) is 24.3 Å². The molecule has 2 aromatic carbocycles. The van der Waals surface area contributed by atoms with Crippen molar-refractivity contribution >= 4 is 5.91 Å². The van der Waals surface area contributed by atoms with Crippen molar-refractivity contribution in [2.45, 2.75) is 31.6 Å². The van der Waals surface area contributed by atoms with Gasteiger partial charge in [-0.15, -0.1) is 0 Å². The van der Waals surface area contributed by atoms with Crippen LogP contribution in [0.5, 0.6) is 11.5 Å². The van der Waals surface area contributed by atoms with Crippen LogP contribution in [0.25, 0.3) is 0 Å². The topological polar surface area (TPSA) is 38.8 Å². The maximum Gasteiger partial charge on any atom is 0.416 e. The predicted octanol–water partition coefficient (Wildman–Crippen LogP) is 4.53. The van der Waals surface area contributed by atoms with Crippen LogP contribution in [0.15, 0.2) is 42.5 Å². The molecule has 1 aliphatic carbocycles. The summed E-state index contributed by atoms with van der Waals surface area (Å²) in [6.45, 7) is -0.112. The molecule has 0 aliphatic heterocycles. The Kier molecular flexibility index (Phi) is 5.30. The number of para-hydroxylation sites is 1. The van der Waals surface area contributed by atoms with Gasteiger partial charge in [0.15, 0.2) is 11.5 Å². The largest absolute Gasteiger partial charge is 0.493 e. The zero-order valence-electron chi connectivity index (χ0n) is 15.0. The minimum Gasteiger partial charge on any atom is -0.493 e. The molecule has 0 radical (unpaired) electrons. The number of alkyl halides is 3. The Hall–Kier alpha value is -2.70. The van der Waals surface area contributed by atoms with E-state index in [4.69, 9.17) is 9.47 Å². The number of hydrogen-bond acceptors (Lipinski definition) is 3. The first kappa shape index (κ1) is 19.1. The van der Waals surface area contributed by atoms with Crippen molar-refractivity contribution < 1.29 is 27.4 Å². The van der Waals surface area contributed by atoms with Crippen LogP contribution in [0.3, 0.4) is 0 Å². The first-order valence-corrected chi connectivity index (χ1v) is 8.54. The number of methoxy groups -OCH3 is 2. The van der Waals surface area contributed by atoms with E-state index in [-0.39, 0.29) is 35.4 Å². The number of halogens is 3. The van der Waals surface area contributed by atoms with E-state index < -0.39 is 11.7 Å². The number of carbonyl (C=O) groups excluding carboxylic acids is 1. The fourth-order valence-electron chi connectivity index (χ4n) is 3.08. The van der Waals surface area contributed by atoms with Gasteiger partial charge in [0, 0.05) is 12.6 Å². The highest BCUT2D eigenvalue weighted by molar-refractivity contribution is 5.98. The Morgan fingerprint density at radius 3 is 2.37 bits per heavy atom. The van der Waals surface area contributed by atoms with Crippen molar-refractivity contribution in [2.24, 2.45) is 0 Å². The van der Waals surface area contributed by atoms with Crippen LogP contribution in [0, 0.1) is 0 Å². The molecule has 27 heavy (non-hydrogen) atoms. The highest BCUT2D eigenvalue weighted by Gasteiger charge is 2.38. The van der Waals surface area contributed by atoms with Gasteiger partial charge in [-0.05, 0) is 36.6 Å². The van der Waals surface area contributed by atoms with Gasteiger partial charge in [0.05, 0.1) is 25.3 Å². The van der Waals surface area contributed by atoms with Gasteiger partial charge < -0.3 is 14.4 Å². The normalized spacial score (nSPS) is 14.0. The molecule has 144 valence electrons. The number of nitrogens with zero attached hydrogens (tertiary/aromatic N) is 1. The van der Waals surface area contributed by atoms with Gasteiger partial charge in [0.2, 0.25) is 0 Å². The summed E-state index contributed by atoms with van der Waals surface area (Å²) >= 11 is 0. The molecule has 0 aromatic heterocycles. The molecular weight excluding hydrogens is 359 g/mol. The predicted molar refractivity (Wildman–Crippen MR) is 93.9 cm³/mol. The molecule has 2 aromatic rings. The lowest BCUT2D eigenvalue weighted by atomic mass is 10.1. The molecule has 3 rings (SSSR count). The van der Waals surface area contributed by atoms with E-state index in [1.165, 1.54) is 31.3 Å². The average Bonchev–Trinajstić information content (AvgIpc) is 3.49. The van der Waals surface area contributed by atoms with Gasteiger partial charge in [-0.25, -0.2) is 0 Å². The van der Waals surface area contributed by atoms with E-state index in [0.29, 0.717) is 5.75 Å². The summed E-state index contributed by atoms with van der Waals surface area (Å²) < 4.78 is 50.5. The summed E-state index contributed by atoms with van der Waals surface area (Å²) in [6.07, 6.45) is -2.93. The van der Waals surface area contributed by atoms with Gasteiger partial charge in [-0.3, -0.25) is 4.79 Å².